The third kappa shape index (κ3) is 5.55. The molecule has 0 unspecified atom stereocenters. The first-order valence-electron chi connectivity index (χ1n) is 9.39. The molecular formula is C23H24ClNO5. The van der Waals surface area contributed by atoms with Gasteiger partial charge in [0.1, 0.15) is 19.0 Å². The number of hydrogen-bond donors (Lipinski definition) is 1. The van der Waals surface area contributed by atoms with Gasteiger partial charge in [0.05, 0.1) is 23.4 Å². The normalized spacial score (nSPS) is 11.2. The molecular weight excluding hydrogens is 406 g/mol. The van der Waals surface area contributed by atoms with Gasteiger partial charge in [-0.3, -0.25) is 9.36 Å². The van der Waals surface area contributed by atoms with E-state index in [0.717, 1.165) is 5.56 Å². The SMILES string of the molecule is COc1cc(-n2ccc(COc3ccccc3Cl)cc2=O)ccc1OCC(C)(C)O. The molecule has 6 nitrogen and oxygen atoms in total. The summed E-state index contributed by atoms with van der Waals surface area (Å²) in [6.07, 6.45) is 1.68. The molecule has 0 aliphatic carbocycles. The lowest BCUT2D eigenvalue weighted by Gasteiger charge is -2.19. The maximum Gasteiger partial charge on any atom is 0.255 e. The maximum absolute atomic E-state index is 12.6. The van der Waals surface area contributed by atoms with Crippen molar-refractivity contribution in [2.75, 3.05) is 13.7 Å². The molecule has 30 heavy (non-hydrogen) atoms. The van der Waals surface area contributed by atoms with E-state index in [9.17, 15) is 9.90 Å². The molecule has 0 radical (unpaired) electrons. The van der Waals surface area contributed by atoms with E-state index in [1.54, 1.807) is 50.4 Å². The molecule has 1 heterocycles. The third-order valence-electron chi connectivity index (χ3n) is 4.22. The fourth-order valence-corrected chi connectivity index (χ4v) is 2.92. The molecule has 0 aliphatic heterocycles. The lowest BCUT2D eigenvalue weighted by molar-refractivity contribution is 0.0276. The predicted octanol–water partition coefficient (Wildman–Crippen LogP) is 4.23. The molecule has 0 saturated carbocycles. The first-order chi connectivity index (χ1) is 14.3. The van der Waals surface area contributed by atoms with E-state index >= 15 is 0 Å². The van der Waals surface area contributed by atoms with Crippen LogP contribution in [0.15, 0.2) is 65.6 Å². The highest BCUT2D eigenvalue weighted by Gasteiger charge is 2.16. The van der Waals surface area contributed by atoms with Crippen molar-refractivity contribution < 1.29 is 19.3 Å². The number of pyridine rings is 1. The van der Waals surface area contributed by atoms with Gasteiger partial charge in [0, 0.05) is 18.3 Å². The van der Waals surface area contributed by atoms with Crippen molar-refractivity contribution in [1.82, 2.24) is 4.57 Å². The standard InChI is InChI=1S/C23H24ClNO5/c1-23(2,27)15-30-20-9-8-17(13-21(20)28-3)25-11-10-16(12-22(25)26)14-29-19-7-5-4-6-18(19)24/h4-13,27H,14-15H2,1-3H3. The monoisotopic (exact) mass is 429 g/mol. The third-order valence-corrected chi connectivity index (χ3v) is 4.53. The molecule has 0 aliphatic rings. The zero-order chi connectivity index (χ0) is 21.7. The van der Waals surface area contributed by atoms with Crippen LogP contribution in [0.25, 0.3) is 5.69 Å². The Morgan fingerprint density at radius 1 is 1.00 bits per heavy atom. The van der Waals surface area contributed by atoms with Gasteiger partial charge in [-0.1, -0.05) is 23.7 Å². The first kappa shape index (κ1) is 21.7. The topological polar surface area (TPSA) is 69.9 Å². The van der Waals surface area contributed by atoms with E-state index < -0.39 is 5.60 Å². The van der Waals surface area contributed by atoms with Gasteiger partial charge < -0.3 is 19.3 Å². The summed E-state index contributed by atoms with van der Waals surface area (Å²) in [7, 11) is 1.52. The molecule has 1 aromatic heterocycles. The van der Waals surface area contributed by atoms with Crippen molar-refractivity contribution in [3.63, 3.8) is 0 Å². The number of aliphatic hydroxyl groups is 1. The molecule has 2 aromatic carbocycles. The number of rotatable bonds is 8. The van der Waals surface area contributed by atoms with Crippen molar-refractivity contribution in [1.29, 1.82) is 0 Å². The minimum Gasteiger partial charge on any atom is -0.493 e. The van der Waals surface area contributed by atoms with Gasteiger partial charge in [0.15, 0.2) is 11.5 Å². The Morgan fingerprint density at radius 2 is 1.77 bits per heavy atom. The lowest BCUT2D eigenvalue weighted by atomic mass is 10.2. The van der Waals surface area contributed by atoms with Gasteiger partial charge in [-0.2, -0.15) is 0 Å². The van der Waals surface area contributed by atoms with Gasteiger partial charge in [-0.15, -0.1) is 0 Å². The van der Waals surface area contributed by atoms with Crippen molar-refractivity contribution >= 4 is 11.6 Å². The second-order valence-electron chi connectivity index (χ2n) is 7.40. The number of hydrogen-bond acceptors (Lipinski definition) is 5. The minimum absolute atomic E-state index is 0.114. The fraction of sp³-hybridized carbons (Fsp3) is 0.261. The number of halogens is 1. The van der Waals surface area contributed by atoms with Crippen LogP contribution >= 0.6 is 11.6 Å². The molecule has 3 rings (SSSR count). The summed E-state index contributed by atoms with van der Waals surface area (Å²) in [6.45, 7) is 3.66. The van der Waals surface area contributed by atoms with E-state index in [2.05, 4.69) is 0 Å². The van der Waals surface area contributed by atoms with Crippen molar-refractivity contribution in [2.24, 2.45) is 0 Å². The van der Waals surface area contributed by atoms with Gasteiger partial charge >= 0.3 is 0 Å². The molecule has 158 valence electrons. The highest BCUT2D eigenvalue weighted by Crippen LogP contribution is 2.30. The predicted molar refractivity (Wildman–Crippen MR) is 116 cm³/mol. The quantitative estimate of drug-likeness (QED) is 0.580. The summed E-state index contributed by atoms with van der Waals surface area (Å²) in [4.78, 5) is 12.6. The van der Waals surface area contributed by atoms with E-state index in [0.29, 0.717) is 28.0 Å². The highest BCUT2D eigenvalue weighted by atomic mass is 35.5. The highest BCUT2D eigenvalue weighted by molar-refractivity contribution is 6.32. The number of para-hydroxylation sites is 1. The van der Waals surface area contributed by atoms with Crippen LogP contribution in [-0.4, -0.2) is 29.0 Å². The summed E-state index contributed by atoms with van der Waals surface area (Å²) < 4.78 is 18.2. The second-order valence-corrected chi connectivity index (χ2v) is 7.81. The van der Waals surface area contributed by atoms with Crippen molar-refractivity contribution in [2.45, 2.75) is 26.1 Å². The average molecular weight is 430 g/mol. The molecule has 7 heteroatoms. The zero-order valence-corrected chi connectivity index (χ0v) is 17.8. The number of nitrogens with zero attached hydrogens (tertiary/aromatic N) is 1. The Labute approximate surface area is 180 Å². The van der Waals surface area contributed by atoms with Crippen molar-refractivity contribution in [3.05, 3.63) is 81.7 Å². The average Bonchev–Trinajstić information content (AvgIpc) is 2.71. The summed E-state index contributed by atoms with van der Waals surface area (Å²) in [6, 6.07) is 15.7. The summed E-state index contributed by atoms with van der Waals surface area (Å²) in [5, 5.41) is 10.4. The number of ether oxygens (including phenoxy) is 3. The lowest BCUT2D eigenvalue weighted by Crippen LogP contribution is -2.28. The summed E-state index contributed by atoms with van der Waals surface area (Å²) >= 11 is 6.09. The van der Waals surface area contributed by atoms with Gasteiger partial charge in [-0.05, 0) is 49.7 Å². The van der Waals surface area contributed by atoms with Crippen LogP contribution in [0.2, 0.25) is 5.02 Å². The second kappa shape index (κ2) is 9.24. The number of aromatic nitrogens is 1. The van der Waals surface area contributed by atoms with Crippen LogP contribution < -0.4 is 19.8 Å². The Kier molecular flexibility index (Phi) is 6.70. The Morgan fingerprint density at radius 3 is 2.43 bits per heavy atom. The van der Waals surface area contributed by atoms with Crippen molar-refractivity contribution in [3.8, 4) is 22.9 Å². The van der Waals surface area contributed by atoms with Crippen LogP contribution in [0.3, 0.4) is 0 Å². The number of methoxy groups -OCH3 is 1. The Balaban J connectivity index is 1.77. The van der Waals surface area contributed by atoms with Gasteiger partial charge in [0.2, 0.25) is 0 Å². The molecule has 0 amide bonds. The summed E-state index contributed by atoms with van der Waals surface area (Å²) in [5.74, 6) is 1.52. The van der Waals surface area contributed by atoms with E-state index in [1.807, 2.05) is 18.2 Å². The zero-order valence-electron chi connectivity index (χ0n) is 17.1. The van der Waals surface area contributed by atoms with E-state index in [1.165, 1.54) is 17.7 Å². The molecule has 0 spiro atoms. The minimum atomic E-state index is -0.970. The van der Waals surface area contributed by atoms with E-state index in [-0.39, 0.29) is 18.8 Å². The largest absolute Gasteiger partial charge is 0.493 e. The van der Waals surface area contributed by atoms with Gasteiger partial charge in [0.25, 0.3) is 5.56 Å². The summed E-state index contributed by atoms with van der Waals surface area (Å²) in [5.41, 5.74) is 0.185. The van der Waals surface area contributed by atoms with Crippen LogP contribution in [0.1, 0.15) is 19.4 Å². The maximum atomic E-state index is 12.6. The Hall–Kier alpha value is -2.96. The smallest absolute Gasteiger partial charge is 0.255 e. The van der Waals surface area contributed by atoms with Crippen LogP contribution in [0, 0.1) is 0 Å². The first-order valence-corrected chi connectivity index (χ1v) is 9.77. The molecule has 0 bridgehead atoms. The van der Waals surface area contributed by atoms with Gasteiger partial charge in [-0.25, -0.2) is 0 Å². The fourth-order valence-electron chi connectivity index (χ4n) is 2.73. The molecule has 0 atom stereocenters. The van der Waals surface area contributed by atoms with Crippen LogP contribution in [0.4, 0.5) is 0 Å². The molecule has 3 aromatic rings. The number of benzene rings is 2. The van der Waals surface area contributed by atoms with Crippen LogP contribution in [0.5, 0.6) is 17.2 Å². The molecule has 0 saturated heterocycles. The molecule has 0 fully saturated rings. The Bertz CT molecular complexity index is 1070. The van der Waals surface area contributed by atoms with Crippen LogP contribution in [-0.2, 0) is 6.61 Å². The molecule has 1 N–H and O–H groups in total. The van der Waals surface area contributed by atoms with E-state index in [4.69, 9.17) is 25.8 Å².